The number of hydrogen-bond acceptors (Lipinski definition) is 3. The lowest BCUT2D eigenvalue weighted by atomic mass is 10.1. The van der Waals surface area contributed by atoms with Crippen molar-refractivity contribution in [3.63, 3.8) is 0 Å². The molecular formula is C13H18FN3O2. The molecule has 0 spiro atoms. The minimum atomic E-state index is -0.975. The summed E-state index contributed by atoms with van der Waals surface area (Å²) < 4.78 is 13.4. The average molecular weight is 267 g/mol. The molecule has 1 aromatic rings. The Morgan fingerprint density at radius 3 is 2.84 bits per heavy atom. The zero-order chi connectivity index (χ0) is 14.0. The van der Waals surface area contributed by atoms with Crippen LogP contribution in [0.3, 0.4) is 0 Å². The van der Waals surface area contributed by atoms with E-state index in [2.05, 4.69) is 10.3 Å². The lowest BCUT2D eigenvalue weighted by molar-refractivity contribution is 0.0467. The molecule has 0 aromatic carbocycles. The number of aromatic nitrogens is 1. The van der Waals surface area contributed by atoms with E-state index in [1.54, 1.807) is 18.7 Å². The van der Waals surface area contributed by atoms with Crippen LogP contribution in [0.25, 0.3) is 0 Å². The van der Waals surface area contributed by atoms with Crippen molar-refractivity contribution >= 4 is 11.7 Å². The maximum Gasteiger partial charge on any atom is 0.322 e. The van der Waals surface area contributed by atoms with Gasteiger partial charge in [0.05, 0.1) is 24.0 Å². The Hall–Kier alpha value is -1.69. The molecule has 2 amide bonds. The largest absolute Gasteiger partial charge is 0.389 e. The Morgan fingerprint density at radius 2 is 2.32 bits per heavy atom. The first-order chi connectivity index (χ1) is 8.87. The van der Waals surface area contributed by atoms with Crippen LogP contribution in [0.15, 0.2) is 18.5 Å². The van der Waals surface area contributed by atoms with Crippen LogP contribution in [0.2, 0.25) is 0 Å². The molecule has 1 aromatic heterocycles. The Bertz CT molecular complexity index is 469. The highest BCUT2D eigenvalue weighted by Gasteiger charge is 2.35. The number of hydrogen-bond donors (Lipinski definition) is 2. The highest BCUT2D eigenvalue weighted by Crippen LogP contribution is 2.29. The van der Waals surface area contributed by atoms with Gasteiger partial charge in [-0.15, -0.1) is 0 Å². The highest BCUT2D eigenvalue weighted by atomic mass is 19.1. The quantitative estimate of drug-likeness (QED) is 0.876. The van der Waals surface area contributed by atoms with Crippen LogP contribution in [-0.4, -0.2) is 39.2 Å². The molecule has 5 nitrogen and oxygen atoms in total. The van der Waals surface area contributed by atoms with Crippen molar-refractivity contribution in [2.75, 3.05) is 11.9 Å². The summed E-state index contributed by atoms with van der Waals surface area (Å²) in [5.41, 5.74) is -0.877. The van der Waals surface area contributed by atoms with Crippen LogP contribution in [0.4, 0.5) is 14.9 Å². The monoisotopic (exact) mass is 267 g/mol. The van der Waals surface area contributed by atoms with E-state index in [0.717, 1.165) is 19.0 Å². The van der Waals surface area contributed by atoms with E-state index in [-0.39, 0.29) is 18.3 Å². The number of aliphatic hydroxyl groups is 1. The number of pyridine rings is 1. The standard InChI is InChI=1S/C13H18FN3O2/c1-13(2,19)8-17(9-3-4-9)12(18)16-11-5-6-15-7-10(11)14/h5-7,9,19H,3-4,8H2,1-2H3,(H,15,16,18). The third kappa shape index (κ3) is 3.89. The summed E-state index contributed by atoms with van der Waals surface area (Å²) in [6.07, 6.45) is 4.30. The predicted molar refractivity (Wildman–Crippen MR) is 69.2 cm³/mol. The summed E-state index contributed by atoms with van der Waals surface area (Å²) in [6, 6.07) is 1.15. The Labute approximate surface area is 111 Å². The van der Waals surface area contributed by atoms with E-state index in [1.807, 2.05) is 0 Å². The first kappa shape index (κ1) is 13.7. The fraction of sp³-hybridized carbons (Fsp3) is 0.538. The van der Waals surface area contributed by atoms with E-state index in [4.69, 9.17) is 0 Å². The van der Waals surface area contributed by atoms with Crippen molar-refractivity contribution in [2.45, 2.75) is 38.3 Å². The molecule has 2 N–H and O–H groups in total. The zero-order valence-corrected chi connectivity index (χ0v) is 11.1. The third-order valence-corrected chi connectivity index (χ3v) is 2.82. The SMILES string of the molecule is CC(C)(O)CN(C(=O)Nc1ccncc1F)C1CC1. The molecule has 1 saturated carbocycles. The Kier molecular flexibility index (Phi) is 3.71. The number of rotatable bonds is 4. The van der Waals surface area contributed by atoms with Crippen LogP contribution in [0.5, 0.6) is 0 Å². The van der Waals surface area contributed by atoms with Gasteiger partial charge >= 0.3 is 6.03 Å². The molecule has 0 aliphatic heterocycles. The van der Waals surface area contributed by atoms with Crippen LogP contribution < -0.4 is 5.32 Å². The number of amides is 2. The van der Waals surface area contributed by atoms with E-state index in [0.29, 0.717) is 0 Å². The van der Waals surface area contributed by atoms with Crippen LogP contribution in [0.1, 0.15) is 26.7 Å². The fourth-order valence-corrected chi connectivity index (χ4v) is 1.83. The summed E-state index contributed by atoms with van der Waals surface area (Å²) in [5.74, 6) is -0.574. The first-order valence-electron chi connectivity index (χ1n) is 6.26. The van der Waals surface area contributed by atoms with Crippen molar-refractivity contribution < 1.29 is 14.3 Å². The molecule has 1 aliphatic carbocycles. The van der Waals surface area contributed by atoms with E-state index in [1.165, 1.54) is 12.3 Å². The lowest BCUT2D eigenvalue weighted by Gasteiger charge is -2.29. The van der Waals surface area contributed by atoms with E-state index >= 15 is 0 Å². The second-order valence-electron chi connectivity index (χ2n) is 5.46. The smallest absolute Gasteiger partial charge is 0.322 e. The summed E-state index contributed by atoms with van der Waals surface area (Å²) in [5, 5.41) is 12.3. The second-order valence-corrected chi connectivity index (χ2v) is 5.46. The number of anilines is 1. The van der Waals surface area contributed by atoms with Crippen molar-refractivity contribution in [3.8, 4) is 0 Å². The molecule has 0 unspecified atom stereocenters. The number of halogens is 1. The van der Waals surface area contributed by atoms with Crippen molar-refractivity contribution in [2.24, 2.45) is 0 Å². The van der Waals surface area contributed by atoms with Gasteiger partial charge in [-0.1, -0.05) is 0 Å². The molecule has 0 radical (unpaired) electrons. The van der Waals surface area contributed by atoms with Gasteiger partial charge in [0.1, 0.15) is 0 Å². The molecule has 6 heteroatoms. The second kappa shape index (κ2) is 5.13. The van der Waals surface area contributed by atoms with Gasteiger partial charge in [-0.3, -0.25) is 4.98 Å². The molecule has 1 heterocycles. The molecule has 19 heavy (non-hydrogen) atoms. The van der Waals surface area contributed by atoms with Crippen LogP contribution >= 0.6 is 0 Å². The maximum atomic E-state index is 13.4. The molecule has 0 saturated heterocycles. The van der Waals surface area contributed by atoms with Gasteiger partial charge in [0, 0.05) is 12.2 Å². The minimum Gasteiger partial charge on any atom is -0.389 e. The number of nitrogens with zero attached hydrogens (tertiary/aromatic N) is 2. The summed E-state index contributed by atoms with van der Waals surface area (Å²) >= 11 is 0. The van der Waals surface area contributed by atoms with Gasteiger partial charge in [-0.05, 0) is 32.8 Å². The van der Waals surface area contributed by atoms with Gasteiger partial charge in [0.2, 0.25) is 0 Å². The summed E-state index contributed by atoms with van der Waals surface area (Å²) in [7, 11) is 0. The lowest BCUT2D eigenvalue weighted by Crippen LogP contribution is -2.45. The molecule has 2 rings (SSSR count). The maximum absolute atomic E-state index is 13.4. The van der Waals surface area contributed by atoms with Crippen molar-refractivity contribution in [1.29, 1.82) is 0 Å². The number of nitrogens with one attached hydrogen (secondary N) is 1. The number of carbonyl (C=O) groups excluding carboxylic acids is 1. The van der Waals surface area contributed by atoms with E-state index in [9.17, 15) is 14.3 Å². The van der Waals surface area contributed by atoms with Crippen molar-refractivity contribution in [3.05, 3.63) is 24.3 Å². The van der Waals surface area contributed by atoms with Crippen LogP contribution in [-0.2, 0) is 0 Å². The number of carbonyl (C=O) groups is 1. The van der Waals surface area contributed by atoms with E-state index < -0.39 is 17.4 Å². The third-order valence-electron chi connectivity index (χ3n) is 2.82. The van der Waals surface area contributed by atoms with Gasteiger partial charge in [0.15, 0.2) is 5.82 Å². The Balaban J connectivity index is 2.06. The normalized spacial score (nSPS) is 15.2. The molecular weight excluding hydrogens is 249 g/mol. The summed E-state index contributed by atoms with van der Waals surface area (Å²) in [4.78, 5) is 17.3. The molecule has 1 fully saturated rings. The predicted octanol–water partition coefficient (Wildman–Crippen LogP) is 1.99. The average Bonchev–Trinajstić information content (AvgIpc) is 3.12. The Morgan fingerprint density at radius 1 is 1.63 bits per heavy atom. The van der Waals surface area contributed by atoms with Crippen LogP contribution in [0, 0.1) is 5.82 Å². The zero-order valence-electron chi connectivity index (χ0n) is 11.1. The number of urea groups is 1. The topological polar surface area (TPSA) is 65.5 Å². The van der Waals surface area contributed by atoms with Crippen molar-refractivity contribution in [1.82, 2.24) is 9.88 Å². The molecule has 1 aliphatic rings. The minimum absolute atomic E-state index is 0.0985. The molecule has 0 atom stereocenters. The molecule has 0 bridgehead atoms. The van der Waals surface area contributed by atoms with Gasteiger partial charge < -0.3 is 15.3 Å². The molecule has 104 valence electrons. The first-order valence-corrected chi connectivity index (χ1v) is 6.26. The van der Waals surface area contributed by atoms with Gasteiger partial charge in [-0.25, -0.2) is 9.18 Å². The summed E-state index contributed by atoms with van der Waals surface area (Å²) in [6.45, 7) is 3.50. The highest BCUT2D eigenvalue weighted by molar-refractivity contribution is 5.89. The van der Waals surface area contributed by atoms with Gasteiger partial charge in [-0.2, -0.15) is 0 Å². The fourth-order valence-electron chi connectivity index (χ4n) is 1.83. The van der Waals surface area contributed by atoms with Gasteiger partial charge in [0.25, 0.3) is 0 Å².